The summed E-state index contributed by atoms with van der Waals surface area (Å²) >= 11 is 5.82. The van der Waals surface area contributed by atoms with Crippen LogP contribution in [0.5, 0.6) is 0 Å². The number of hydrogen-bond acceptors (Lipinski definition) is 4. The zero-order valence-electron chi connectivity index (χ0n) is 11.7. The van der Waals surface area contributed by atoms with Gasteiger partial charge in [-0.25, -0.2) is 8.42 Å². The SMILES string of the molecule is Cc1[nH]nc(S(=O)(=O)N(C)CC2CCOCC2)c1CCl. The molecule has 8 heteroatoms. The Bertz CT molecular complexity index is 552. The molecule has 0 radical (unpaired) electrons. The van der Waals surface area contributed by atoms with Gasteiger partial charge < -0.3 is 4.74 Å². The van der Waals surface area contributed by atoms with E-state index in [1.165, 1.54) is 4.31 Å². The Morgan fingerprint density at radius 1 is 1.45 bits per heavy atom. The third-order valence-electron chi connectivity index (χ3n) is 3.68. The first-order valence-corrected chi connectivity index (χ1v) is 8.58. The van der Waals surface area contributed by atoms with Gasteiger partial charge in [0.1, 0.15) is 0 Å². The Balaban J connectivity index is 2.16. The molecule has 20 heavy (non-hydrogen) atoms. The fraction of sp³-hybridized carbons (Fsp3) is 0.750. The lowest BCUT2D eigenvalue weighted by Gasteiger charge is -2.26. The first-order valence-electron chi connectivity index (χ1n) is 6.60. The third kappa shape index (κ3) is 3.16. The van der Waals surface area contributed by atoms with Crippen molar-refractivity contribution in [2.75, 3.05) is 26.8 Å². The molecule has 0 saturated carbocycles. The molecule has 1 N–H and O–H groups in total. The molecule has 2 heterocycles. The fourth-order valence-corrected chi connectivity index (χ4v) is 4.15. The second-order valence-electron chi connectivity index (χ2n) is 5.11. The van der Waals surface area contributed by atoms with Gasteiger partial charge >= 0.3 is 0 Å². The minimum absolute atomic E-state index is 0.0413. The highest BCUT2D eigenvalue weighted by Crippen LogP contribution is 2.23. The number of H-pyrrole nitrogens is 1. The zero-order valence-corrected chi connectivity index (χ0v) is 13.3. The highest BCUT2D eigenvalue weighted by Gasteiger charge is 2.29. The van der Waals surface area contributed by atoms with Crippen LogP contribution in [0, 0.1) is 12.8 Å². The topological polar surface area (TPSA) is 75.3 Å². The maximum absolute atomic E-state index is 12.6. The monoisotopic (exact) mass is 321 g/mol. The van der Waals surface area contributed by atoms with Crippen LogP contribution in [-0.2, 0) is 20.6 Å². The van der Waals surface area contributed by atoms with E-state index in [9.17, 15) is 8.42 Å². The van der Waals surface area contributed by atoms with Gasteiger partial charge in [-0.2, -0.15) is 9.40 Å². The molecule has 114 valence electrons. The van der Waals surface area contributed by atoms with Crippen LogP contribution >= 0.6 is 11.6 Å². The Kier molecular flexibility index (Phi) is 5.06. The minimum atomic E-state index is -3.59. The number of hydrogen-bond donors (Lipinski definition) is 1. The number of aromatic amines is 1. The predicted molar refractivity (Wildman–Crippen MR) is 76.2 cm³/mol. The van der Waals surface area contributed by atoms with Crippen LogP contribution in [0.4, 0.5) is 0 Å². The molecule has 1 aliphatic heterocycles. The summed E-state index contributed by atoms with van der Waals surface area (Å²) in [6, 6.07) is 0. The molecule has 1 aromatic rings. The average molecular weight is 322 g/mol. The summed E-state index contributed by atoms with van der Waals surface area (Å²) in [5.41, 5.74) is 1.24. The van der Waals surface area contributed by atoms with E-state index in [4.69, 9.17) is 16.3 Å². The fourth-order valence-electron chi connectivity index (χ4n) is 2.34. The van der Waals surface area contributed by atoms with Gasteiger partial charge in [0.15, 0.2) is 5.03 Å². The number of nitrogens with one attached hydrogen (secondary N) is 1. The van der Waals surface area contributed by atoms with Crippen LogP contribution in [0.2, 0.25) is 0 Å². The quantitative estimate of drug-likeness (QED) is 0.834. The highest BCUT2D eigenvalue weighted by atomic mass is 35.5. The third-order valence-corrected chi connectivity index (χ3v) is 5.74. The van der Waals surface area contributed by atoms with E-state index < -0.39 is 10.0 Å². The van der Waals surface area contributed by atoms with Gasteiger partial charge in [-0.1, -0.05) is 0 Å². The number of nitrogens with zero attached hydrogens (tertiary/aromatic N) is 2. The van der Waals surface area contributed by atoms with E-state index in [1.54, 1.807) is 14.0 Å². The van der Waals surface area contributed by atoms with Crippen molar-refractivity contribution < 1.29 is 13.2 Å². The molecule has 0 aliphatic carbocycles. The summed E-state index contributed by atoms with van der Waals surface area (Å²) in [6.07, 6.45) is 1.78. The first-order chi connectivity index (χ1) is 9.46. The van der Waals surface area contributed by atoms with Crippen LogP contribution in [0.3, 0.4) is 0 Å². The van der Waals surface area contributed by atoms with Crippen molar-refractivity contribution in [2.24, 2.45) is 5.92 Å². The van der Waals surface area contributed by atoms with Gasteiger partial charge in [-0.15, -0.1) is 11.6 Å². The molecule has 0 amide bonds. The van der Waals surface area contributed by atoms with Crippen molar-refractivity contribution in [1.82, 2.24) is 14.5 Å². The van der Waals surface area contributed by atoms with Crippen molar-refractivity contribution in [3.05, 3.63) is 11.3 Å². The van der Waals surface area contributed by atoms with Crippen LogP contribution < -0.4 is 0 Å². The summed E-state index contributed by atoms with van der Waals surface area (Å²) < 4.78 is 31.8. The largest absolute Gasteiger partial charge is 0.381 e. The first kappa shape index (κ1) is 15.8. The van der Waals surface area contributed by atoms with Gasteiger partial charge in [-0.05, 0) is 25.7 Å². The smallest absolute Gasteiger partial charge is 0.262 e. The zero-order chi connectivity index (χ0) is 14.8. The van der Waals surface area contributed by atoms with Crippen molar-refractivity contribution in [3.8, 4) is 0 Å². The predicted octanol–water partition coefficient (Wildman–Crippen LogP) is 1.50. The number of aryl methyl sites for hydroxylation is 1. The van der Waals surface area contributed by atoms with Gasteiger partial charge in [0.05, 0.1) is 5.88 Å². The Labute approximate surface area is 124 Å². The lowest BCUT2D eigenvalue weighted by molar-refractivity contribution is 0.0620. The maximum Gasteiger partial charge on any atom is 0.262 e. The number of ether oxygens (including phenoxy) is 1. The second kappa shape index (κ2) is 6.43. The molecule has 0 spiro atoms. The van der Waals surface area contributed by atoms with E-state index in [1.807, 2.05) is 0 Å². The highest BCUT2D eigenvalue weighted by molar-refractivity contribution is 7.89. The molecular weight excluding hydrogens is 302 g/mol. The molecule has 0 atom stereocenters. The maximum atomic E-state index is 12.6. The average Bonchev–Trinajstić information content (AvgIpc) is 2.81. The van der Waals surface area contributed by atoms with E-state index in [0.29, 0.717) is 36.9 Å². The molecule has 1 fully saturated rings. The summed E-state index contributed by atoms with van der Waals surface area (Å²) in [6.45, 7) is 3.65. The molecule has 2 rings (SSSR count). The Hall–Kier alpha value is -0.630. The van der Waals surface area contributed by atoms with Crippen molar-refractivity contribution in [1.29, 1.82) is 0 Å². The summed E-state index contributed by atoms with van der Waals surface area (Å²) in [7, 11) is -2.00. The standard InChI is InChI=1S/C12H20ClN3O3S/c1-9-11(7-13)12(15-14-9)20(17,18)16(2)8-10-3-5-19-6-4-10/h10H,3-8H2,1-2H3,(H,14,15). The van der Waals surface area contributed by atoms with E-state index in [-0.39, 0.29) is 10.9 Å². The summed E-state index contributed by atoms with van der Waals surface area (Å²) in [5, 5.41) is 6.64. The minimum Gasteiger partial charge on any atom is -0.381 e. The molecule has 1 aliphatic rings. The molecule has 1 saturated heterocycles. The number of alkyl halides is 1. The molecule has 0 bridgehead atoms. The molecule has 0 aromatic carbocycles. The van der Waals surface area contributed by atoms with Crippen molar-refractivity contribution in [3.63, 3.8) is 0 Å². The number of sulfonamides is 1. The summed E-state index contributed by atoms with van der Waals surface area (Å²) in [5.74, 6) is 0.463. The van der Waals surface area contributed by atoms with Crippen LogP contribution in [0.1, 0.15) is 24.1 Å². The Morgan fingerprint density at radius 2 is 2.10 bits per heavy atom. The lowest BCUT2D eigenvalue weighted by Crippen LogP contribution is -2.34. The number of halogens is 1. The van der Waals surface area contributed by atoms with Crippen LogP contribution in [-0.4, -0.2) is 49.7 Å². The normalized spacial score (nSPS) is 17.8. The Morgan fingerprint density at radius 3 is 2.70 bits per heavy atom. The van der Waals surface area contributed by atoms with Gasteiger partial charge in [0.25, 0.3) is 10.0 Å². The van der Waals surface area contributed by atoms with Gasteiger partial charge in [-0.3, -0.25) is 5.10 Å². The molecule has 1 aromatic heterocycles. The van der Waals surface area contributed by atoms with Crippen LogP contribution in [0.15, 0.2) is 5.03 Å². The molecule has 0 unspecified atom stereocenters. The van der Waals surface area contributed by atoms with Gasteiger partial charge in [0.2, 0.25) is 0 Å². The molecular formula is C12H20ClN3O3S. The number of aromatic nitrogens is 2. The van der Waals surface area contributed by atoms with E-state index >= 15 is 0 Å². The van der Waals surface area contributed by atoms with Crippen molar-refractivity contribution >= 4 is 21.6 Å². The molecule has 6 nitrogen and oxygen atoms in total. The van der Waals surface area contributed by atoms with Crippen molar-refractivity contribution in [2.45, 2.75) is 30.7 Å². The van der Waals surface area contributed by atoms with Gasteiger partial charge in [0, 0.05) is 38.1 Å². The van der Waals surface area contributed by atoms with Crippen LogP contribution in [0.25, 0.3) is 0 Å². The van der Waals surface area contributed by atoms with E-state index in [2.05, 4.69) is 10.2 Å². The summed E-state index contributed by atoms with van der Waals surface area (Å²) in [4.78, 5) is 0. The lowest BCUT2D eigenvalue weighted by atomic mass is 10.0. The van der Waals surface area contributed by atoms with E-state index in [0.717, 1.165) is 12.8 Å². The number of rotatable bonds is 5. The second-order valence-corrected chi connectivity index (χ2v) is 7.33.